The number of anilines is 1. The monoisotopic (exact) mass is 677 g/mol. The van der Waals surface area contributed by atoms with Crippen molar-refractivity contribution in [1.82, 2.24) is 19.6 Å². The van der Waals surface area contributed by atoms with E-state index < -0.39 is 31.6 Å². The summed E-state index contributed by atoms with van der Waals surface area (Å²) in [6.07, 6.45) is -0.452. The minimum absolute atomic E-state index is 0.155. The van der Waals surface area contributed by atoms with E-state index in [0.29, 0.717) is 38.9 Å². The Morgan fingerprint density at radius 2 is 1.41 bits per heavy atom. The fraction of sp³-hybridized carbons (Fsp3) is 0.270. The van der Waals surface area contributed by atoms with Gasteiger partial charge in [0.1, 0.15) is 0 Å². The number of carbonyl (C=O) groups excluding carboxylic acids is 1. The number of nitrogens with zero attached hydrogens (tertiary/aromatic N) is 3. The van der Waals surface area contributed by atoms with Crippen LogP contribution in [0, 0.1) is 5.92 Å². The number of amides is 1. The van der Waals surface area contributed by atoms with Gasteiger partial charge in [0.25, 0.3) is 17.0 Å². The van der Waals surface area contributed by atoms with Crippen LogP contribution < -0.4 is 16.0 Å². The van der Waals surface area contributed by atoms with Crippen molar-refractivity contribution in [2.45, 2.75) is 50.2 Å². The van der Waals surface area contributed by atoms with Gasteiger partial charge in [-0.3, -0.25) is 24.6 Å². The molecule has 0 aliphatic carbocycles. The maximum atomic E-state index is 16.1. The van der Waals surface area contributed by atoms with Crippen LogP contribution in [0.3, 0.4) is 0 Å². The molecule has 1 amide bonds. The van der Waals surface area contributed by atoms with Gasteiger partial charge in [0.15, 0.2) is 5.60 Å². The number of carbonyl (C=O) groups is 1. The second kappa shape index (κ2) is 11.3. The molecule has 12 heteroatoms. The first-order valence-electron chi connectivity index (χ1n) is 16.5. The highest BCUT2D eigenvalue weighted by molar-refractivity contribution is 6.72. The summed E-state index contributed by atoms with van der Waals surface area (Å²) in [5.74, 6) is -0.853. The summed E-state index contributed by atoms with van der Waals surface area (Å²) in [5.41, 5.74) is 2.14. The molecule has 0 saturated carbocycles. The predicted octanol–water partition coefficient (Wildman–Crippen LogP) is 5.66. The number of nitrogens with one attached hydrogen (secondary N) is 2. The van der Waals surface area contributed by atoms with Gasteiger partial charge in [-0.05, 0) is 79.7 Å². The van der Waals surface area contributed by atoms with Crippen LogP contribution in [0.4, 0.5) is 9.80 Å². The molecule has 4 heterocycles. The normalized spacial score (nSPS) is 22.2. The number of aliphatic hydroxyl groups excluding tert-OH is 1. The first-order valence-corrected chi connectivity index (χ1v) is 19.4. The Hall–Kier alpha value is -5.04. The third-order valence-electron chi connectivity index (χ3n) is 10.3. The summed E-state index contributed by atoms with van der Waals surface area (Å²) in [6, 6.07) is 27.4. The molecule has 1 fully saturated rings. The molecule has 2 aliphatic rings. The molecule has 10 nitrogen and oxygen atoms in total. The summed E-state index contributed by atoms with van der Waals surface area (Å²) < 4.78 is 25.7. The molecular weight excluding hydrogens is 642 g/mol. The number of hydrogen-bond acceptors (Lipinski definition) is 5. The zero-order valence-corrected chi connectivity index (χ0v) is 28.3. The van der Waals surface area contributed by atoms with Crippen molar-refractivity contribution in [2.24, 2.45) is 5.92 Å². The number of para-hydroxylation sites is 2. The maximum Gasteiger partial charge on any atom is 0.279 e. The van der Waals surface area contributed by atoms with E-state index in [9.17, 15) is 19.5 Å². The van der Waals surface area contributed by atoms with Gasteiger partial charge in [-0.1, -0.05) is 43.3 Å². The number of benzene rings is 4. The van der Waals surface area contributed by atoms with Crippen molar-refractivity contribution >= 4 is 41.8 Å². The van der Waals surface area contributed by atoms with E-state index in [0.717, 1.165) is 11.1 Å². The largest absolute Gasteiger partial charge is 0.396 e. The van der Waals surface area contributed by atoms with Crippen molar-refractivity contribution in [1.29, 1.82) is 0 Å². The van der Waals surface area contributed by atoms with Crippen LogP contribution in [0.1, 0.15) is 24.5 Å². The van der Waals surface area contributed by atoms with Crippen LogP contribution in [0.25, 0.3) is 33.2 Å². The number of H-pyrrole nitrogens is 2. The Balaban J connectivity index is 1.22. The van der Waals surface area contributed by atoms with Crippen molar-refractivity contribution in [3.05, 3.63) is 123 Å². The molecule has 8 rings (SSSR count). The number of aromatic nitrogens is 4. The van der Waals surface area contributed by atoms with Gasteiger partial charge >= 0.3 is 0 Å². The molecule has 250 valence electrons. The van der Waals surface area contributed by atoms with Gasteiger partial charge in [-0.25, -0.2) is 9.36 Å². The topological polar surface area (TPSA) is 125 Å². The molecule has 6 aromatic rings. The number of aromatic amines is 2. The second-order valence-electron chi connectivity index (χ2n) is 13.6. The molecule has 2 aliphatic heterocycles. The van der Waals surface area contributed by atoms with Crippen LogP contribution in [-0.2, 0) is 21.7 Å². The van der Waals surface area contributed by atoms with E-state index >= 15 is 4.11 Å². The average molecular weight is 678 g/mol. The van der Waals surface area contributed by atoms with Gasteiger partial charge < -0.3 is 18.9 Å². The maximum absolute atomic E-state index is 16.1. The molecule has 0 bridgehead atoms. The third-order valence-corrected chi connectivity index (χ3v) is 12.8. The molecular formula is C37H36FN5O5Si. The third kappa shape index (κ3) is 4.69. The first kappa shape index (κ1) is 31.2. The summed E-state index contributed by atoms with van der Waals surface area (Å²) in [5, 5.41) is 17.4. The highest BCUT2D eigenvalue weighted by atomic mass is 28.4. The summed E-state index contributed by atoms with van der Waals surface area (Å²) >= 11 is 0. The average Bonchev–Trinajstić information content (AvgIpc) is 3.77. The number of hydrogen-bond donors (Lipinski definition) is 3. The molecule has 2 aromatic heterocycles. The van der Waals surface area contributed by atoms with Crippen molar-refractivity contribution in [2.75, 3.05) is 11.5 Å². The lowest BCUT2D eigenvalue weighted by atomic mass is 9.82. The lowest BCUT2D eigenvalue weighted by molar-refractivity contribution is -0.146. The fourth-order valence-electron chi connectivity index (χ4n) is 8.14. The summed E-state index contributed by atoms with van der Waals surface area (Å²) in [7, 11) is -3.39. The molecule has 1 saturated heterocycles. The minimum Gasteiger partial charge on any atom is -0.396 e. The van der Waals surface area contributed by atoms with Crippen LogP contribution >= 0.6 is 0 Å². The summed E-state index contributed by atoms with van der Waals surface area (Å²) in [4.78, 5) is 42.9. The van der Waals surface area contributed by atoms with E-state index in [1.807, 2.05) is 67.6 Å². The van der Waals surface area contributed by atoms with Gasteiger partial charge in [-0.15, -0.1) is 0 Å². The Morgan fingerprint density at radius 3 is 1.98 bits per heavy atom. The molecule has 0 radical (unpaired) electrons. The lowest BCUT2D eigenvalue weighted by Crippen LogP contribution is -2.45. The highest BCUT2D eigenvalue weighted by Crippen LogP contribution is 2.60. The van der Waals surface area contributed by atoms with Crippen LogP contribution in [0.2, 0.25) is 18.6 Å². The van der Waals surface area contributed by atoms with E-state index in [4.69, 9.17) is 4.74 Å². The minimum atomic E-state index is -3.39. The molecule has 49 heavy (non-hydrogen) atoms. The second-order valence-corrected chi connectivity index (χ2v) is 17.4. The number of rotatable bonds is 7. The van der Waals surface area contributed by atoms with E-state index in [-0.39, 0.29) is 36.6 Å². The predicted molar refractivity (Wildman–Crippen MR) is 189 cm³/mol. The number of ether oxygens (including phenoxy) is 1. The van der Waals surface area contributed by atoms with Gasteiger partial charge in [0.05, 0.1) is 51.5 Å². The Morgan fingerprint density at radius 1 is 0.837 bits per heavy atom. The van der Waals surface area contributed by atoms with Crippen LogP contribution in [0.5, 0.6) is 0 Å². The molecule has 4 atom stereocenters. The van der Waals surface area contributed by atoms with E-state index in [1.165, 1.54) is 9.36 Å². The fourth-order valence-corrected chi connectivity index (χ4v) is 10.7. The standard InChI is InChI=1S/C37H36FN5O5Si/c1-22-33(49(2,3)38)32(18-19-44)48-37(22)28-20-25(43-35(46)27-9-5-7-11-30(27)40-43)16-17-31(28)41(36(37)47)21-23-12-14-24(15-13-23)42-34(45)26-8-4-6-10-29(26)39-42/h4-17,20,22,32-33,39-40,44H,18-19,21H2,1-3H3/t22-,32+,33-,37+/m0/s1. The highest BCUT2D eigenvalue weighted by Gasteiger charge is 2.66. The van der Waals surface area contributed by atoms with Crippen molar-refractivity contribution in [3.8, 4) is 11.4 Å². The van der Waals surface area contributed by atoms with E-state index in [1.54, 1.807) is 48.3 Å². The summed E-state index contributed by atoms with van der Waals surface area (Å²) in [6.45, 7) is 5.12. The SMILES string of the molecule is C[C@H]1[C@H]([Si](C)(C)F)[C@@H](CCO)O[C@]12C(=O)N(Cc1ccc(-n3[nH]c4ccccc4c3=O)cc1)c1ccc(-n3[nH]c4ccccc4c3=O)cc12. The smallest absolute Gasteiger partial charge is 0.279 e. The Bertz CT molecular complexity index is 2370. The molecule has 0 unspecified atom stereocenters. The van der Waals surface area contributed by atoms with Gasteiger partial charge in [0.2, 0.25) is 8.41 Å². The Kier molecular flexibility index (Phi) is 7.18. The Labute approximate surface area is 281 Å². The van der Waals surface area contributed by atoms with E-state index in [2.05, 4.69) is 10.2 Å². The zero-order valence-electron chi connectivity index (χ0n) is 27.3. The van der Waals surface area contributed by atoms with Crippen molar-refractivity contribution < 1.29 is 18.7 Å². The zero-order chi connectivity index (χ0) is 34.2. The van der Waals surface area contributed by atoms with Gasteiger partial charge in [0, 0.05) is 23.6 Å². The van der Waals surface area contributed by atoms with Gasteiger partial charge in [-0.2, -0.15) is 0 Å². The quantitative estimate of drug-likeness (QED) is 0.149. The van der Waals surface area contributed by atoms with Crippen LogP contribution in [-0.4, -0.2) is 51.7 Å². The molecule has 4 aromatic carbocycles. The number of halogens is 1. The molecule has 3 N–H and O–H groups in total. The van der Waals surface area contributed by atoms with Crippen LogP contribution in [0.15, 0.2) is 101 Å². The lowest BCUT2D eigenvalue weighted by Gasteiger charge is -2.31. The number of fused-ring (bicyclic) bond motifs is 4. The van der Waals surface area contributed by atoms with Crippen molar-refractivity contribution in [3.63, 3.8) is 0 Å². The first-order chi connectivity index (χ1) is 23.5. The molecule has 1 spiro atoms. The number of aliphatic hydroxyl groups is 1.